The molecule has 2 rings (SSSR count). The number of aromatic hydroxyl groups is 1. The SMILES string of the molecule is Cc1ccc(O)c(C(=O)N2CC(C)N(C)C(C)C2)c1. The van der Waals surface area contributed by atoms with E-state index in [9.17, 15) is 9.90 Å². The number of carbonyl (C=O) groups is 1. The summed E-state index contributed by atoms with van der Waals surface area (Å²) < 4.78 is 0. The molecular weight excluding hydrogens is 240 g/mol. The van der Waals surface area contributed by atoms with Gasteiger partial charge in [0.05, 0.1) is 5.56 Å². The minimum Gasteiger partial charge on any atom is -0.507 e. The second kappa shape index (κ2) is 5.21. The van der Waals surface area contributed by atoms with E-state index in [1.54, 1.807) is 18.2 Å². The van der Waals surface area contributed by atoms with Gasteiger partial charge in [0.15, 0.2) is 0 Å². The minimum absolute atomic E-state index is 0.0647. The van der Waals surface area contributed by atoms with Gasteiger partial charge in [-0.2, -0.15) is 0 Å². The Morgan fingerprint density at radius 2 is 1.84 bits per heavy atom. The lowest BCUT2D eigenvalue weighted by Gasteiger charge is -2.42. The summed E-state index contributed by atoms with van der Waals surface area (Å²) in [6.07, 6.45) is 0. The Labute approximate surface area is 114 Å². The molecule has 1 fully saturated rings. The largest absolute Gasteiger partial charge is 0.507 e. The number of carbonyl (C=O) groups excluding carboxylic acids is 1. The molecule has 0 spiro atoms. The maximum Gasteiger partial charge on any atom is 0.257 e. The monoisotopic (exact) mass is 262 g/mol. The molecule has 1 aromatic rings. The smallest absolute Gasteiger partial charge is 0.257 e. The molecule has 0 bridgehead atoms. The van der Waals surface area contributed by atoms with Crippen LogP contribution in [-0.4, -0.2) is 53.0 Å². The highest BCUT2D eigenvalue weighted by Crippen LogP contribution is 2.22. The average molecular weight is 262 g/mol. The summed E-state index contributed by atoms with van der Waals surface area (Å²) in [7, 11) is 2.08. The molecule has 1 heterocycles. The first-order valence-corrected chi connectivity index (χ1v) is 6.71. The van der Waals surface area contributed by atoms with E-state index in [1.165, 1.54) is 0 Å². The first kappa shape index (κ1) is 13.9. The van der Waals surface area contributed by atoms with Crippen molar-refractivity contribution < 1.29 is 9.90 Å². The summed E-state index contributed by atoms with van der Waals surface area (Å²) in [6.45, 7) is 7.56. The van der Waals surface area contributed by atoms with Crippen LogP contribution >= 0.6 is 0 Å². The standard InChI is InChI=1S/C15H22N2O2/c1-10-5-6-14(18)13(7-10)15(19)17-8-11(2)16(4)12(3)9-17/h5-7,11-12,18H,8-9H2,1-4H3. The number of nitrogens with zero attached hydrogens (tertiary/aromatic N) is 2. The second-order valence-corrected chi connectivity index (χ2v) is 5.59. The lowest BCUT2D eigenvalue weighted by atomic mass is 10.1. The molecule has 1 aliphatic rings. The van der Waals surface area contributed by atoms with E-state index in [4.69, 9.17) is 0 Å². The summed E-state index contributed by atoms with van der Waals surface area (Å²) in [5.74, 6) is -0.0113. The first-order valence-electron chi connectivity index (χ1n) is 6.71. The number of rotatable bonds is 1. The van der Waals surface area contributed by atoms with E-state index in [0.717, 1.165) is 5.56 Å². The molecule has 1 amide bonds. The van der Waals surface area contributed by atoms with Crippen molar-refractivity contribution in [3.63, 3.8) is 0 Å². The summed E-state index contributed by atoms with van der Waals surface area (Å²) >= 11 is 0. The van der Waals surface area contributed by atoms with Crippen molar-refractivity contribution in [1.29, 1.82) is 0 Å². The lowest BCUT2D eigenvalue weighted by molar-refractivity contribution is 0.0412. The van der Waals surface area contributed by atoms with Crippen LogP contribution in [-0.2, 0) is 0 Å². The fraction of sp³-hybridized carbons (Fsp3) is 0.533. The molecule has 104 valence electrons. The van der Waals surface area contributed by atoms with Gasteiger partial charge in [-0.1, -0.05) is 11.6 Å². The van der Waals surface area contributed by atoms with Crippen molar-refractivity contribution >= 4 is 5.91 Å². The first-order chi connectivity index (χ1) is 8.90. The summed E-state index contributed by atoms with van der Waals surface area (Å²) in [5.41, 5.74) is 1.39. The molecule has 4 heteroatoms. The van der Waals surface area contributed by atoms with Crippen LogP contribution in [0.5, 0.6) is 5.75 Å². The van der Waals surface area contributed by atoms with Crippen LogP contribution in [0.3, 0.4) is 0 Å². The maximum absolute atomic E-state index is 12.5. The highest BCUT2D eigenvalue weighted by Gasteiger charge is 2.30. The number of phenols is 1. The van der Waals surface area contributed by atoms with Gasteiger partial charge in [-0.3, -0.25) is 9.69 Å². The molecule has 1 N–H and O–H groups in total. The quantitative estimate of drug-likeness (QED) is 0.840. The van der Waals surface area contributed by atoms with Crippen molar-refractivity contribution in [1.82, 2.24) is 9.80 Å². The number of hydrogen-bond acceptors (Lipinski definition) is 3. The third-order valence-electron chi connectivity index (χ3n) is 4.03. The molecule has 1 aromatic carbocycles. The van der Waals surface area contributed by atoms with E-state index >= 15 is 0 Å². The number of likely N-dealkylation sites (N-methyl/N-ethyl adjacent to an activating group) is 1. The number of piperazine rings is 1. The number of amides is 1. The van der Waals surface area contributed by atoms with Crippen molar-refractivity contribution in [2.24, 2.45) is 0 Å². The fourth-order valence-corrected chi connectivity index (χ4v) is 2.56. The van der Waals surface area contributed by atoms with Gasteiger partial charge < -0.3 is 10.0 Å². The Morgan fingerprint density at radius 3 is 2.42 bits per heavy atom. The Hall–Kier alpha value is -1.55. The van der Waals surface area contributed by atoms with Gasteiger partial charge in [-0.05, 0) is 40.0 Å². The zero-order valence-electron chi connectivity index (χ0n) is 12.1. The molecule has 2 unspecified atom stereocenters. The zero-order valence-corrected chi connectivity index (χ0v) is 12.1. The molecule has 1 saturated heterocycles. The Bertz CT molecular complexity index is 475. The van der Waals surface area contributed by atoms with Gasteiger partial charge in [0, 0.05) is 25.2 Å². The van der Waals surface area contributed by atoms with Crippen molar-refractivity contribution in [3.05, 3.63) is 29.3 Å². The van der Waals surface area contributed by atoms with Crippen LogP contribution in [0.25, 0.3) is 0 Å². The number of benzene rings is 1. The highest BCUT2D eigenvalue weighted by molar-refractivity contribution is 5.97. The Balaban J connectivity index is 2.22. The topological polar surface area (TPSA) is 43.8 Å². The minimum atomic E-state index is -0.0759. The predicted molar refractivity (Wildman–Crippen MR) is 75.4 cm³/mol. The summed E-state index contributed by atoms with van der Waals surface area (Å²) in [4.78, 5) is 16.6. The Morgan fingerprint density at radius 1 is 1.26 bits per heavy atom. The van der Waals surface area contributed by atoms with E-state index in [0.29, 0.717) is 30.7 Å². The lowest BCUT2D eigenvalue weighted by Crippen LogP contribution is -2.56. The summed E-state index contributed by atoms with van der Waals surface area (Å²) in [5, 5.41) is 9.86. The molecule has 0 aliphatic carbocycles. The number of hydrogen-bond donors (Lipinski definition) is 1. The highest BCUT2D eigenvalue weighted by atomic mass is 16.3. The normalized spacial score (nSPS) is 24.5. The van der Waals surface area contributed by atoms with Crippen LogP contribution in [0.1, 0.15) is 29.8 Å². The molecule has 0 radical (unpaired) electrons. The number of phenolic OH excluding ortho intramolecular Hbond substituents is 1. The molecule has 0 saturated carbocycles. The van der Waals surface area contributed by atoms with Gasteiger partial charge in [0.1, 0.15) is 5.75 Å². The Kier molecular flexibility index (Phi) is 3.80. The molecule has 2 atom stereocenters. The molecular formula is C15H22N2O2. The fourth-order valence-electron chi connectivity index (χ4n) is 2.56. The third-order valence-corrected chi connectivity index (χ3v) is 4.03. The van der Waals surface area contributed by atoms with Gasteiger partial charge in [-0.25, -0.2) is 0 Å². The molecule has 0 aromatic heterocycles. The van der Waals surface area contributed by atoms with E-state index < -0.39 is 0 Å². The van der Waals surface area contributed by atoms with E-state index in [1.807, 2.05) is 11.8 Å². The third kappa shape index (κ3) is 2.73. The molecule has 1 aliphatic heterocycles. The predicted octanol–water partition coefficient (Wildman–Crippen LogP) is 1.87. The zero-order chi connectivity index (χ0) is 14.2. The summed E-state index contributed by atoms with van der Waals surface area (Å²) in [6, 6.07) is 5.82. The average Bonchev–Trinajstić information content (AvgIpc) is 2.37. The van der Waals surface area contributed by atoms with Crippen LogP contribution in [0, 0.1) is 6.92 Å². The van der Waals surface area contributed by atoms with Crippen LogP contribution in [0.4, 0.5) is 0 Å². The van der Waals surface area contributed by atoms with Crippen LogP contribution in [0.15, 0.2) is 18.2 Å². The van der Waals surface area contributed by atoms with Crippen molar-refractivity contribution in [2.45, 2.75) is 32.9 Å². The van der Waals surface area contributed by atoms with Gasteiger partial charge in [0.2, 0.25) is 0 Å². The van der Waals surface area contributed by atoms with Gasteiger partial charge in [0.25, 0.3) is 5.91 Å². The van der Waals surface area contributed by atoms with E-state index in [2.05, 4.69) is 25.8 Å². The van der Waals surface area contributed by atoms with E-state index in [-0.39, 0.29) is 11.7 Å². The van der Waals surface area contributed by atoms with Crippen LogP contribution < -0.4 is 0 Å². The van der Waals surface area contributed by atoms with Crippen LogP contribution in [0.2, 0.25) is 0 Å². The van der Waals surface area contributed by atoms with Gasteiger partial charge in [-0.15, -0.1) is 0 Å². The number of aryl methyl sites for hydroxylation is 1. The van der Waals surface area contributed by atoms with Crippen molar-refractivity contribution in [2.75, 3.05) is 20.1 Å². The maximum atomic E-state index is 12.5. The second-order valence-electron chi connectivity index (χ2n) is 5.59. The van der Waals surface area contributed by atoms with Gasteiger partial charge >= 0.3 is 0 Å². The van der Waals surface area contributed by atoms with Crippen molar-refractivity contribution in [3.8, 4) is 5.75 Å². The molecule has 19 heavy (non-hydrogen) atoms. The molecule has 4 nitrogen and oxygen atoms in total.